The van der Waals surface area contributed by atoms with Crippen molar-refractivity contribution in [3.8, 4) is 11.8 Å². The molecule has 0 N–H and O–H groups in total. The van der Waals surface area contributed by atoms with Gasteiger partial charge in [-0.1, -0.05) is 6.07 Å². The number of nitriles is 1. The monoisotopic (exact) mass is 271 g/mol. The highest BCUT2D eigenvalue weighted by Gasteiger charge is 2.17. The van der Waals surface area contributed by atoms with Crippen molar-refractivity contribution in [2.75, 3.05) is 0 Å². The molecule has 0 aliphatic heterocycles. The van der Waals surface area contributed by atoms with Crippen LogP contribution < -0.4 is 0 Å². The lowest BCUT2D eigenvalue weighted by Gasteiger charge is -2.15. The van der Waals surface area contributed by atoms with Gasteiger partial charge in [-0.25, -0.2) is 4.98 Å². The number of halogens is 1. The summed E-state index contributed by atoms with van der Waals surface area (Å²) in [5.41, 5.74) is 4.96. The summed E-state index contributed by atoms with van der Waals surface area (Å²) in [5, 5.41) is 9.31. The Morgan fingerprint density at radius 2 is 2.16 bits per heavy atom. The van der Waals surface area contributed by atoms with E-state index in [1.165, 1.54) is 24.2 Å². The number of aromatic nitrogens is 2. The van der Waals surface area contributed by atoms with E-state index >= 15 is 0 Å². The minimum absolute atomic E-state index is 0.428. The molecule has 1 aliphatic rings. The highest BCUT2D eigenvalue weighted by atomic mass is 35.5. The number of imidazole rings is 1. The molecule has 0 radical (unpaired) electrons. The minimum Gasteiger partial charge on any atom is -0.302 e. The third kappa shape index (κ3) is 2.13. The standard InChI is InChI=1S/C15H14ClN3/c16-8-11-5-6-14(12(7-11)9-17)19-10-18-13-3-1-2-4-15(13)19/h5-7,10H,1-4,8H2. The number of hydrogen-bond donors (Lipinski definition) is 0. The first-order valence-electron chi connectivity index (χ1n) is 6.48. The molecule has 0 spiro atoms. The summed E-state index contributed by atoms with van der Waals surface area (Å²) < 4.78 is 2.06. The van der Waals surface area contributed by atoms with E-state index in [0.29, 0.717) is 11.4 Å². The summed E-state index contributed by atoms with van der Waals surface area (Å²) in [6.45, 7) is 0. The molecule has 3 rings (SSSR count). The van der Waals surface area contributed by atoms with E-state index in [-0.39, 0.29) is 0 Å². The molecule has 0 atom stereocenters. The lowest BCUT2D eigenvalue weighted by Crippen LogP contribution is -2.08. The van der Waals surface area contributed by atoms with Gasteiger partial charge in [0, 0.05) is 11.6 Å². The summed E-state index contributed by atoms with van der Waals surface area (Å²) in [7, 11) is 0. The average Bonchev–Trinajstić information content (AvgIpc) is 2.90. The van der Waals surface area contributed by atoms with Crippen molar-refractivity contribution in [3.05, 3.63) is 47.0 Å². The molecule has 1 aromatic heterocycles. The molecule has 19 heavy (non-hydrogen) atoms. The molecule has 0 amide bonds. The summed E-state index contributed by atoms with van der Waals surface area (Å²) in [4.78, 5) is 4.48. The Morgan fingerprint density at radius 1 is 1.32 bits per heavy atom. The normalized spacial score (nSPS) is 13.9. The van der Waals surface area contributed by atoms with E-state index in [1.54, 1.807) is 0 Å². The van der Waals surface area contributed by atoms with Crippen LogP contribution in [0.1, 0.15) is 35.4 Å². The SMILES string of the molecule is N#Cc1cc(CCl)ccc1-n1cnc2c1CCCC2. The molecule has 0 bridgehead atoms. The largest absolute Gasteiger partial charge is 0.302 e. The van der Waals surface area contributed by atoms with Gasteiger partial charge in [0.2, 0.25) is 0 Å². The topological polar surface area (TPSA) is 41.6 Å². The van der Waals surface area contributed by atoms with Crippen molar-refractivity contribution in [2.45, 2.75) is 31.6 Å². The maximum Gasteiger partial charge on any atom is 0.101 e. The zero-order valence-corrected chi connectivity index (χ0v) is 11.3. The molecule has 1 aromatic carbocycles. The van der Waals surface area contributed by atoms with Crippen molar-refractivity contribution < 1.29 is 0 Å². The van der Waals surface area contributed by atoms with Crippen molar-refractivity contribution in [1.29, 1.82) is 5.26 Å². The van der Waals surface area contributed by atoms with Gasteiger partial charge in [-0.3, -0.25) is 0 Å². The lowest BCUT2D eigenvalue weighted by atomic mass is 10.0. The van der Waals surface area contributed by atoms with Gasteiger partial charge >= 0.3 is 0 Å². The third-order valence-electron chi connectivity index (χ3n) is 3.63. The maximum atomic E-state index is 9.31. The van der Waals surface area contributed by atoms with Gasteiger partial charge in [-0.2, -0.15) is 5.26 Å². The van der Waals surface area contributed by atoms with E-state index in [2.05, 4.69) is 15.6 Å². The molecule has 1 heterocycles. The van der Waals surface area contributed by atoms with Crippen LogP contribution in [-0.2, 0) is 18.7 Å². The zero-order chi connectivity index (χ0) is 13.2. The number of aryl methyl sites for hydroxylation is 1. The maximum absolute atomic E-state index is 9.31. The Bertz CT molecular complexity index is 652. The number of nitrogens with zero attached hydrogens (tertiary/aromatic N) is 3. The predicted octanol–water partition coefficient (Wildman–Crippen LogP) is 3.36. The van der Waals surface area contributed by atoms with Crippen molar-refractivity contribution >= 4 is 11.6 Å². The van der Waals surface area contributed by atoms with Crippen LogP contribution in [0.25, 0.3) is 5.69 Å². The Morgan fingerprint density at radius 3 is 2.95 bits per heavy atom. The van der Waals surface area contributed by atoms with Gasteiger partial charge in [-0.05, 0) is 43.4 Å². The molecule has 0 unspecified atom stereocenters. The van der Waals surface area contributed by atoms with Gasteiger partial charge in [-0.15, -0.1) is 11.6 Å². The molecule has 0 fully saturated rings. The fourth-order valence-corrected chi connectivity index (χ4v) is 2.81. The number of hydrogen-bond acceptors (Lipinski definition) is 2. The van der Waals surface area contributed by atoms with Crippen LogP contribution in [0.15, 0.2) is 24.5 Å². The minimum atomic E-state index is 0.428. The summed E-state index contributed by atoms with van der Waals surface area (Å²) >= 11 is 5.82. The van der Waals surface area contributed by atoms with Crippen LogP contribution in [0, 0.1) is 11.3 Å². The quantitative estimate of drug-likeness (QED) is 0.786. The summed E-state index contributed by atoms with van der Waals surface area (Å²) in [5.74, 6) is 0.428. The van der Waals surface area contributed by atoms with Gasteiger partial charge in [0.15, 0.2) is 0 Å². The number of rotatable bonds is 2. The van der Waals surface area contributed by atoms with Crippen LogP contribution in [0.3, 0.4) is 0 Å². The van der Waals surface area contributed by atoms with E-state index < -0.39 is 0 Å². The first kappa shape index (κ1) is 12.3. The second kappa shape index (κ2) is 5.07. The van der Waals surface area contributed by atoms with Gasteiger partial charge < -0.3 is 4.57 Å². The lowest BCUT2D eigenvalue weighted by molar-refractivity contribution is 0.656. The van der Waals surface area contributed by atoms with Crippen LogP contribution >= 0.6 is 11.6 Å². The van der Waals surface area contributed by atoms with Crippen LogP contribution in [-0.4, -0.2) is 9.55 Å². The second-order valence-corrected chi connectivity index (χ2v) is 5.08. The fourth-order valence-electron chi connectivity index (χ4n) is 2.64. The van der Waals surface area contributed by atoms with E-state index in [4.69, 9.17) is 11.6 Å². The van der Waals surface area contributed by atoms with Gasteiger partial charge in [0.1, 0.15) is 6.07 Å². The van der Waals surface area contributed by atoms with Crippen molar-refractivity contribution in [2.24, 2.45) is 0 Å². The Balaban J connectivity index is 2.12. The number of alkyl halides is 1. The highest BCUT2D eigenvalue weighted by molar-refractivity contribution is 6.17. The van der Waals surface area contributed by atoms with E-state index in [1.807, 2.05) is 24.5 Å². The Labute approximate surface area is 117 Å². The predicted molar refractivity (Wildman–Crippen MR) is 74.5 cm³/mol. The second-order valence-electron chi connectivity index (χ2n) is 4.81. The summed E-state index contributed by atoms with van der Waals surface area (Å²) in [6.07, 6.45) is 6.33. The van der Waals surface area contributed by atoms with Crippen LogP contribution in [0.4, 0.5) is 0 Å². The molecule has 1 aliphatic carbocycles. The van der Waals surface area contributed by atoms with Crippen LogP contribution in [0.5, 0.6) is 0 Å². The number of benzene rings is 1. The Hall–Kier alpha value is -1.79. The Kier molecular flexibility index (Phi) is 3.27. The fraction of sp³-hybridized carbons (Fsp3) is 0.333. The average molecular weight is 272 g/mol. The van der Waals surface area contributed by atoms with Gasteiger partial charge in [0.25, 0.3) is 0 Å². The highest BCUT2D eigenvalue weighted by Crippen LogP contribution is 2.25. The molecule has 96 valence electrons. The molecular formula is C15H14ClN3. The zero-order valence-electron chi connectivity index (χ0n) is 10.6. The molecule has 4 heteroatoms. The van der Waals surface area contributed by atoms with Crippen molar-refractivity contribution in [3.63, 3.8) is 0 Å². The van der Waals surface area contributed by atoms with Crippen molar-refractivity contribution in [1.82, 2.24) is 9.55 Å². The molecular weight excluding hydrogens is 258 g/mol. The molecule has 2 aromatic rings. The molecule has 3 nitrogen and oxygen atoms in total. The van der Waals surface area contributed by atoms with E-state index in [9.17, 15) is 5.26 Å². The van der Waals surface area contributed by atoms with E-state index in [0.717, 1.165) is 24.1 Å². The first-order chi connectivity index (χ1) is 9.33. The summed E-state index contributed by atoms with van der Waals surface area (Å²) in [6, 6.07) is 8.05. The smallest absolute Gasteiger partial charge is 0.101 e. The molecule has 0 saturated carbocycles. The van der Waals surface area contributed by atoms with Gasteiger partial charge in [0.05, 0.1) is 23.3 Å². The third-order valence-corrected chi connectivity index (χ3v) is 3.93. The first-order valence-corrected chi connectivity index (χ1v) is 7.01. The van der Waals surface area contributed by atoms with Crippen LogP contribution in [0.2, 0.25) is 0 Å². The number of fused-ring (bicyclic) bond motifs is 1. The molecule has 0 saturated heterocycles.